The topological polar surface area (TPSA) is 412 Å². The van der Waals surface area contributed by atoms with Crippen LogP contribution < -0.4 is 11.5 Å². The number of likely N-dealkylation sites (tertiary alicyclic amines) is 1. The van der Waals surface area contributed by atoms with E-state index < -0.39 is 77.8 Å². The molecule has 33 heteroatoms. The molecule has 1 aliphatic carbocycles. The number of aryl methyl sites for hydroxylation is 1. The molecule has 4 aromatic heterocycles. The predicted molar refractivity (Wildman–Crippen MR) is 458 cm³/mol. The van der Waals surface area contributed by atoms with Crippen LogP contribution in [0.25, 0.3) is 33.4 Å². The number of carbonyl (C=O) groups excluding carboxylic acids is 6. The number of ketones is 3. The number of rotatable bonds is 36. The molecule has 123 heavy (non-hydrogen) atoms. The van der Waals surface area contributed by atoms with Gasteiger partial charge in [-0.15, -0.1) is 5.10 Å². The van der Waals surface area contributed by atoms with Gasteiger partial charge < -0.3 is 92.7 Å². The van der Waals surface area contributed by atoms with Crippen molar-refractivity contribution in [1.82, 2.24) is 49.5 Å². The number of aliphatic hydroxyl groups is 2. The Bertz CT molecular complexity index is 4310. The summed E-state index contributed by atoms with van der Waals surface area (Å²) in [6, 6.07) is 4.47. The first-order valence-corrected chi connectivity index (χ1v) is 44.2. The quantitative estimate of drug-likeness (QED) is 0.0125. The maximum absolute atomic E-state index is 14.8. The summed E-state index contributed by atoms with van der Waals surface area (Å²) in [6.45, 7) is 20.7. The molecule has 3 saturated heterocycles. The number of ether oxygens (including phenoxy) is 12. The number of carbonyl (C=O) groups is 6. The molecule has 1 aromatic carbocycles. The highest BCUT2D eigenvalue weighted by Gasteiger charge is 2.53. The fourth-order valence-electron chi connectivity index (χ4n) is 17.2. The van der Waals surface area contributed by atoms with Gasteiger partial charge in [0.15, 0.2) is 17.0 Å². The zero-order valence-corrected chi connectivity index (χ0v) is 73.7. The standard InChI is InChI=1S/C90H134N12O21/c1-58-18-12-11-13-19-59(2)75(111-8)53-69-25-22-64(7)90(110,123-69)84(107)87(108)101-31-16-14-21-71(101)88(109)121-76(54-72(103)60(3)49-63(6)82(106)83(113-10)81(105)62(5)48-58)61(4)50-66-23-26-74(77(51-66)112-9)120-35-17-15-20-68-56-100(98-96-68)34-37-115-39-41-117-43-45-119-47-46-118-44-42-116-40-38-114-36-30-78(104)99-32-28-65(29-33-99)55-102-86-79(85(91)93-57-94-86)80(97-102)67-24-27-73-70(52-67)95-89(92)122-73/h11-13,18-19,24,27,49,52,56-58,60-62,64-66,69,71,74-77,82-83,106,110H,14-17,20-23,25-26,28-48,50-51,53-55H2,1-10H3,(H2,92,95)(H2,91,93,94)/b13-11+,18-12+,59-19+,63-49+/t58-,60-,61-,62-,64-,66+,69+,71+,74-,75+,76+,77-,82-,83+,90-/m1/s1. The number of allylic oxidation sites excluding steroid dienone is 6. The highest BCUT2D eigenvalue weighted by molar-refractivity contribution is 6.39. The monoisotopic (exact) mass is 1720 g/mol. The summed E-state index contributed by atoms with van der Waals surface area (Å²) in [4.78, 5) is 102. The van der Waals surface area contributed by atoms with Crippen LogP contribution in [0.3, 0.4) is 0 Å². The molecule has 680 valence electrons. The van der Waals surface area contributed by atoms with E-state index >= 15 is 0 Å². The summed E-state index contributed by atoms with van der Waals surface area (Å²) in [7, 11) is 4.65. The number of nitrogens with zero attached hydrogens (tertiary/aromatic N) is 10. The van der Waals surface area contributed by atoms with Crippen LogP contribution in [0.5, 0.6) is 0 Å². The van der Waals surface area contributed by atoms with E-state index in [1.54, 1.807) is 51.8 Å². The zero-order chi connectivity index (χ0) is 88.0. The molecule has 15 atom stereocenters. The SMILES string of the molecule is CO[C@H]1C[C@@H]2CC[C@@H](C)[C@@](O)(O2)C(=O)C(=O)N2CCCC[C@H]2C(=O)O[C@H]([C@H](C)C[C@@H]2CC[C@@H](OCCCCc3cn(CCOCCOCCOCCOCCOCCOCCC(=O)N4CCC(Cn5nc(-c6ccc7oc(N)nc7c6)c6c(N)ncnc65)CC4)nn3)[C@H](OC)C2)CC(=O)[C@H](C)/C=C(\C)[C@@H](O)[C@@H](OC)C(=O)[C@H](C)C[C@H](C)/C=C/C=C/C=C/1C. The Morgan fingerprint density at radius 1 is 0.732 bits per heavy atom. The summed E-state index contributed by atoms with van der Waals surface area (Å²) >= 11 is 0. The molecule has 1 saturated carbocycles. The number of nitrogen functional groups attached to an aromatic ring is 2. The molecule has 0 radical (unpaired) electrons. The lowest BCUT2D eigenvalue weighted by Gasteiger charge is -2.42. The van der Waals surface area contributed by atoms with E-state index in [1.165, 1.54) is 18.3 Å². The molecule has 5 aromatic rings. The van der Waals surface area contributed by atoms with E-state index in [0.717, 1.165) is 61.8 Å². The lowest BCUT2D eigenvalue weighted by molar-refractivity contribution is -0.265. The summed E-state index contributed by atoms with van der Waals surface area (Å²) in [5.74, 6) is -7.48. The number of nitrogens with two attached hydrogens (primary N) is 2. The van der Waals surface area contributed by atoms with Crippen LogP contribution in [0.15, 0.2) is 82.7 Å². The first-order valence-electron chi connectivity index (χ1n) is 44.2. The second kappa shape index (κ2) is 49.1. The maximum atomic E-state index is 14.8. The first-order chi connectivity index (χ1) is 59.4. The minimum Gasteiger partial charge on any atom is -0.460 e. The van der Waals surface area contributed by atoms with Gasteiger partial charge in [0.25, 0.3) is 17.7 Å². The number of fused-ring (bicyclic) bond motifs is 5. The van der Waals surface area contributed by atoms with E-state index in [1.807, 2.05) is 86.0 Å². The summed E-state index contributed by atoms with van der Waals surface area (Å²) in [5.41, 5.74) is 17.6. The van der Waals surface area contributed by atoms with Crippen LogP contribution in [0, 0.1) is 41.4 Å². The number of unbranched alkanes of at least 4 members (excludes halogenated alkanes) is 1. The Hall–Kier alpha value is -8.16. The van der Waals surface area contributed by atoms with E-state index in [-0.39, 0.29) is 78.8 Å². The lowest BCUT2D eigenvalue weighted by atomic mass is 9.78. The number of benzene rings is 1. The zero-order valence-electron chi connectivity index (χ0n) is 73.7. The van der Waals surface area contributed by atoms with Crippen LogP contribution in [0.1, 0.15) is 163 Å². The number of anilines is 2. The van der Waals surface area contributed by atoms with Gasteiger partial charge in [0.05, 0.1) is 128 Å². The fraction of sp³-hybridized carbons (Fsp3) is 0.689. The summed E-state index contributed by atoms with van der Waals surface area (Å²) < 4.78 is 80.0. The van der Waals surface area contributed by atoms with E-state index in [9.17, 15) is 39.0 Å². The molecule has 10 rings (SSSR count). The molecule has 5 aliphatic rings. The van der Waals surface area contributed by atoms with Crippen LogP contribution in [-0.4, -0.2) is 276 Å². The number of methoxy groups -OCH3 is 3. The summed E-state index contributed by atoms with van der Waals surface area (Å²) in [5, 5.41) is 38.1. The predicted octanol–water partition coefficient (Wildman–Crippen LogP) is 9.36. The van der Waals surface area contributed by atoms with Gasteiger partial charge in [0.2, 0.25) is 11.7 Å². The van der Waals surface area contributed by atoms with Gasteiger partial charge in [-0.1, -0.05) is 76.3 Å². The van der Waals surface area contributed by atoms with Crippen molar-refractivity contribution in [2.24, 2.45) is 41.4 Å². The van der Waals surface area contributed by atoms with Crippen molar-refractivity contribution in [3.05, 3.63) is 84.0 Å². The molecular weight excluding hydrogens is 1590 g/mol. The van der Waals surface area contributed by atoms with Crippen molar-refractivity contribution in [3.63, 3.8) is 0 Å². The van der Waals surface area contributed by atoms with Crippen molar-refractivity contribution >= 4 is 69.1 Å². The van der Waals surface area contributed by atoms with E-state index in [0.29, 0.717) is 209 Å². The average Bonchev–Trinajstić information content (AvgIpc) is 1.71. The highest BCUT2D eigenvalue weighted by Crippen LogP contribution is 2.40. The molecule has 33 nitrogen and oxygen atoms in total. The third kappa shape index (κ3) is 28.2. The van der Waals surface area contributed by atoms with Crippen molar-refractivity contribution in [1.29, 1.82) is 0 Å². The largest absolute Gasteiger partial charge is 0.460 e. The molecule has 8 heterocycles. The smallest absolute Gasteiger partial charge is 0.329 e. The molecule has 6 N–H and O–H groups in total. The van der Waals surface area contributed by atoms with E-state index in [2.05, 4.69) is 25.3 Å². The minimum atomic E-state index is -2.46. The minimum absolute atomic E-state index is 0.00464. The van der Waals surface area contributed by atoms with Crippen molar-refractivity contribution in [2.45, 2.75) is 232 Å². The molecule has 4 aliphatic heterocycles. The van der Waals surface area contributed by atoms with Crippen LogP contribution in [0.2, 0.25) is 0 Å². The normalized spacial score (nSPS) is 28.0. The van der Waals surface area contributed by atoms with Crippen molar-refractivity contribution in [3.8, 4) is 11.3 Å². The van der Waals surface area contributed by atoms with E-state index in [4.69, 9.17) is 77.8 Å². The lowest BCUT2D eigenvalue weighted by Crippen LogP contribution is -2.61. The molecule has 4 fully saturated rings. The number of oxazole rings is 1. The fourth-order valence-corrected chi connectivity index (χ4v) is 17.2. The molecule has 0 spiro atoms. The average molecular weight is 1720 g/mol. The number of amides is 2. The number of esters is 1. The van der Waals surface area contributed by atoms with Gasteiger partial charge in [-0.25, -0.2) is 24.1 Å². The Balaban J connectivity index is 0.574. The molecule has 2 bridgehead atoms. The second-order valence-corrected chi connectivity index (χ2v) is 33.8. The Kier molecular flexibility index (Phi) is 38.7. The second-order valence-electron chi connectivity index (χ2n) is 33.8. The van der Waals surface area contributed by atoms with Gasteiger partial charge in [0.1, 0.15) is 53.5 Å². The number of aromatic nitrogens is 8. The van der Waals surface area contributed by atoms with Crippen LogP contribution >= 0.6 is 0 Å². The third-order valence-corrected chi connectivity index (χ3v) is 24.6. The molecular formula is C90H134N12O21. The van der Waals surface area contributed by atoms with Crippen LogP contribution in [-0.2, 0) is 105 Å². The Morgan fingerprint density at radius 3 is 2.14 bits per heavy atom. The summed E-state index contributed by atoms with van der Waals surface area (Å²) in [6.07, 6.45) is 19.5. The Labute approximate surface area is 722 Å². The van der Waals surface area contributed by atoms with Crippen LogP contribution in [0.4, 0.5) is 11.8 Å². The third-order valence-electron chi connectivity index (χ3n) is 24.6. The molecule has 2 amide bonds. The number of piperidine rings is 2. The number of cyclic esters (lactones) is 1. The van der Waals surface area contributed by atoms with Crippen molar-refractivity contribution in [2.75, 3.05) is 138 Å². The van der Waals surface area contributed by atoms with Gasteiger partial charge >= 0.3 is 5.97 Å². The van der Waals surface area contributed by atoms with Crippen molar-refractivity contribution < 1.29 is 100 Å². The number of aliphatic hydroxyl groups excluding tert-OH is 1. The van der Waals surface area contributed by atoms with Gasteiger partial charge in [-0.3, -0.25) is 24.0 Å². The number of hydrogen-bond acceptors (Lipinski definition) is 29. The maximum Gasteiger partial charge on any atom is 0.329 e. The number of Topliss-reactive ketones (excluding diaryl/α,β-unsaturated/α-hetero) is 3. The molecule has 0 unspecified atom stereocenters. The Morgan fingerprint density at radius 2 is 1.44 bits per heavy atom. The van der Waals surface area contributed by atoms with Gasteiger partial charge in [-0.2, -0.15) is 10.1 Å². The van der Waals surface area contributed by atoms with Gasteiger partial charge in [0, 0.05) is 96.5 Å². The number of hydrogen-bond donors (Lipinski definition) is 4. The van der Waals surface area contributed by atoms with Gasteiger partial charge in [-0.05, 0) is 163 Å². The first kappa shape index (κ1) is 97.0. The highest BCUT2D eigenvalue weighted by atomic mass is 16.6.